The highest BCUT2D eigenvalue weighted by atomic mass is 16.3. The third-order valence-corrected chi connectivity index (χ3v) is 4.19. The largest absolute Gasteiger partial charge is 0.396 e. The Morgan fingerprint density at radius 3 is 2.62 bits per heavy atom. The number of aryl methyl sites for hydroxylation is 3. The molecule has 1 amide bonds. The van der Waals surface area contributed by atoms with Crippen LogP contribution in [0.5, 0.6) is 0 Å². The maximum Gasteiger partial charge on any atom is 0.241 e. The summed E-state index contributed by atoms with van der Waals surface area (Å²) >= 11 is 0. The molecule has 0 aliphatic carbocycles. The molecule has 2 rings (SSSR count). The number of nitrogens with zero attached hydrogens (tertiary/aromatic N) is 1. The Kier molecular flexibility index (Phi) is 5.37. The number of aliphatic hydroxyl groups excluding tert-OH is 1. The number of benzene rings is 1. The Morgan fingerprint density at radius 1 is 1.33 bits per heavy atom. The van der Waals surface area contributed by atoms with Gasteiger partial charge >= 0.3 is 0 Å². The van der Waals surface area contributed by atoms with Crippen LogP contribution in [-0.2, 0) is 4.79 Å². The van der Waals surface area contributed by atoms with Gasteiger partial charge in [-0.3, -0.25) is 9.69 Å². The fraction of sp³-hybridized carbons (Fsp3) is 0.588. The average molecular weight is 290 g/mol. The molecule has 4 heteroatoms. The van der Waals surface area contributed by atoms with Crippen LogP contribution in [0.4, 0.5) is 5.69 Å². The van der Waals surface area contributed by atoms with E-state index in [1.165, 1.54) is 5.56 Å². The van der Waals surface area contributed by atoms with Crippen molar-refractivity contribution in [2.45, 2.75) is 46.1 Å². The minimum atomic E-state index is -0.0587. The van der Waals surface area contributed by atoms with E-state index < -0.39 is 0 Å². The second-order valence-corrected chi connectivity index (χ2v) is 6.03. The topological polar surface area (TPSA) is 52.6 Å². The molecule has 2 N–H and O–H groups in total. The lowest BCUT2D eigenvalue weighted by Crippen LogP contribution is -2.40. The fourth-order valence-corrected chi connectivity index (χ4v) is 3.25. The van der Waals surface area contributed by atoms with Gasteiger partial charge in [0.15, 0.2) is 0 Å². The molecule has 0 spiro atoms. The molecule has 1 heterocycles. The molecule has 1 unspecified atom stereocenters. The molecular weight excluding hydrogens is 264 g/mol. The van der Waals surface area contributed by atoms with Crippen LogP contribution >= 0.6 is 0 Å². The highest BCUT2D eigenvalue weighted by molar-refractivity contribution is 5.96. The van der Waals surface area contributed by atoms with Crippen molar-refractivity contribution >= 4 is 11.6 Å². The fourth-order valence-electron chi connectivity index (χ4n) is 3.25. The summed E-state index contributed by atoms with van der Waals surface area (Å²) in [5, 5.41) is 12.1. The Labute approximate surface area is 127 Å². The summed E-state index contributed by atoms with van der Waals surface area (Å²) in [7, 11) is 0. The van der Waals surface area contributed by atoms with Crippen molar-refractivity contribution in [3.8, 4) is 0 Å². The maximum absolute atomic E-state index is 12.6. The molecule has 1 aromatic carbocycles. The molecule has 0 radical (unpaired) electrons. The van der Waals surface area contributed by atoms with E-state index in [0.717, 1.165) is 49.2 Å². The van der Waals surface area contributed by atoms with Gasteiger partial charge in [-0.25, -0.2) is 0 Å². The Balaban J connectivity index is 2.07. The Bertz CT molecular complexity index is 491. The van der Waals surface area contributed by atoms with Crippen molar-refractivity contribution in [2.75, 3.05) is 25.0 Å². The summed E-state index contributed by atoms with van der Waals surface area (Å²) in [5.41, 5.74) is 4.38. The van der Waals surface area contributed by atoms with E-state index >= 15 is 0 Å². The van der Waals surface area contributed by atoms with Gasteiger partial charge in [0, 0.05) is 18.8 Å². The Hall–Kier alpha value is -1.39. The highest BCUT2D eigenvalue weighted by Crippen LogP contribution is 2.24. The van der Waals surface area contributed by atoms with Crippen molar-refractivity contribution in [2.24, 2.45) is 0 Å². The number of carbonyl (C=O) groups is 1. The number of aliphatic hydroxyl groups is 1. The van der Waals surface area contributed by atoms with E-state index in [9.17, 15) is 4.79 Å². The predicted octanol–water partition coefficient (Wildman–Crippen LogP) is 2.40. The van der Waals surface area contributed by atoms with Gasteiger partial charge in [-0.1, -0.05) is 17.7 Å². The summed E-state index contributed by atoms with van der Waals surface area (Å²) in [6, 6.07) is 4.14. The van der Waals surface area contributed by atoms with Gasteiger partial charge in [0.1, 0.15) is 0 Å². The summed E-state index contributed by atoms with van der Waals surface area (Å²) < 4.78 is 0. The second kappa shape index (κ2) is 7.05. The lowest BCUT2D eigenvalue weighted by Gasteiger charge is -2.24. The van der Waals surface area contributed by atoms with Crippen LogP contribution < -0.4 is 5.32 Å². The zero-order chi connectivity index (χ0) is 15.4. The smallest absolute Gasteiger partial charge is 0.241 e. The van der Waals surface area contributed by atoms with Crippen LogP contribution in [-0.4, -0.2) is 41.7 Å². The van der Waals surface area contributed by atoms with E-state index in [-0.39, 0.29) is 18.6 Å². The van der Waals surface area contributed by atoms with Crippen molar-refractivity contribution in [3.05, 3.63) is 28.8 Å². The monoisotopic (exact) mass is 290 g/mol. The minimum Gasteiger partial charge on any atom is -0.396 e. The lowest BCUT2D eigenvalue weighted by atomic mass is 10.0. The van der Waals surface area contributed by atoms with Crippen molar-refractivity contribution in [1.82, 2.24) is 4.90 Å². The molecule has 116 valence electrons. The Morgan fingerprint density at radius 2 is 2.00 bits per heavy atom. The normalized spacial score (nSPS) is 19.0. The molecule has 21 heavy (non-hydrogen) atoms. The molecule has 4 nitrogen and oxygen atoms in total. The second-order valence-electron chi connectivity index (χ2n) is 6.03. The van der Waals surface area contributed by atoms with Gasteiger partial charge in [-0.2, -0.15) is 0 Å². The van der Waals surface area contributed by atoms with Gasteiger partial charge in [0.25, 0.3) is 0 Å². The SMILES string of the molecule is Cc1cc(C)c(NC(=O)C2CCCN2CCCO)c(C)c1. The summed E-state index contributed by atoms with van der Waals surface area (Å²) in [6.45, 7) is 8.06. The first-order valence-corrected chi connectivity index (χ1v) is 7.76. The summed E-state index contributed by atoms with van der Waals surface area (Å²) in [6.07, 6.45) is 2.68. The molecule has 1 atom stereocenters. The number of carbonyl (C=O) groups excluding carboxylic acids is 1. The molecule has 0 aromatic heterocycles. The van der Waals surface area contributed by atoms with E-state index in [1.807, 2.05) is 13.8 Å². The standard InChI is InChI=1S/C17H26N2O2/c1-12-10-13(2)16(14(3)11-12)18-17(21)15-6-4-7-19(15)8-5-9-20/h10-11,15,20H,4-9H2,1-3H3,(H,18,21). The van der Waals surface area contributed by atoms with Gasteiger partial charge in [-0.05, 0) is 57.7 Å². The number of hydrogen-bond donors (Lipinski definition) is 2. The van der Waals surface area contributed by atoms with Crippen LogP contribution in [0.1, 0.15) is 36.0 Å². The molecule has 0 saturated carbocycles. The van der Waals surface area contributed by atoms with Crippen molar-refractivity contribution < 1.29 is 9.90 Å². The van der Waals surface area contributed by atoms with Crippen molar-refractivity contribution in [3.63, 3.8) is 0 Å². The molecular formula is C17H26N2O2. The first kappa shape index (κ1) is 16.0. The number of nitrogens with one attached hydrogen (secondary N) is 1. The molecule has 1 aliphatic rings. The van der Waals surface area contributed by atoms with Gasteiger partial charge < -0.3 is 10.4 Å². The first-order valence-electron chi connectivity index (χ1n) is 7.76. The van der Waals surface area contributed by atoms with E-state index in [4.69, 9.17) is 5.11 Å². The van der Waals surface area contributed by atoms with Crippen LogP contribution in [0.3, 0.4) is 0 Å². The third kappa shape index (κ3) is 3.83. The summed E-state index contributed by atoms with van der Waals surface area (Å²) in [5.74, 6) is 0.0838. The van der Waals surface area contributed by atoms with Crippen LogP contribution in [0.2, 0.25) is 0 Å². The van der Waals surface area contributed by atoms with Crippen LogP contribution in [0.15, 0.2) is 12.1 Å². The molecule has 1 fully saturated rings. The maximum atomic E-state index is 12.6. The predicted molar refractivity (Wildman–Crippen MR) is 85.6 cm³/mol. The van der Waals surface area contributed by atoms with Crippen molar-refractivity contribution in [1.29, 1.82) is 0 Å². The zero-order valence-corrected chi connectivity index (χ0v) is 13.3. The number of hydrogen-bond acceptors (Lipinski definition) is 3. The van der Waals surface area contributed by atoms with Crippen LogP contribution in [0, 0.1) is 20.8 Å². The number of anilines is 1. The van der Waals surface area contributed by atoms with E-state index in [1.54, 1.807) is 0 Å². The summed E-state index contributed by atoms with van der Waals surface area (Å²) in [4.78, 5) is 14.7. The minimum absolute atomic E-state index is 0.0587. The highest BCUT2D eigenvalue weighted by Gasteiger charge is 2.30. The van der Waals surface area contributed by atoms with E-state index in [0.29, 0.717) is 0 Å². The first-order chi connectivity index (χ1) is 10.0. The lowest BCUT2D eigenvalue weighted by molar-refractivity contribution is -0.120. The molecule has 1 aliphatic heterocycles. The zero-order valence-electron chi connectivity index (χ0n) is 13.3. The van der Waals surface area contributed by atoms with E-state index in [2.05, 4.69) is 29.3 Å². The van der Waals surface area contributed by atoms with Gasteiger partial charge in [0.05, 0.1) is 6.04 Å². The average Bonchev–Trinajstić information content (AvgIpc) is 2.88. The number of rotatable bonds is 5. The number of amides is 1. The molecule has 1 aromatic rings. The van der Waals surface area contributed by atoms with Gasteiger partial charge in [-0.15, -0.1) is 0 Å². The van der Waals surface area contributed by atoms with Gasteiger partial charge in [0.2, 0.25) is 5.91 Å². The third-order valence-electron chi connectivity index (χ3n) is 4.19. The van der Waals surface area contributed by atoms with Crippen LogP contribution in [0.25, 0.3) is 0 Å². The quantitative estimate of drug-likeness (QED) is 0.875. The number of likely N-dealkylation sites (tertiary alicyclic amines) is 1. The molecule has 0 bridgehead atoms. The molecule has 1 saturated heterocycles.